The topological polar surface area (TPSA) is 0 Å². The molecule has 0 aliphatic rings. The van der Waals surface area contributed by atoms with E-state index in [4.69, 9.17) is 0 Å². The summed E-state index contributed by atoms with van der Waals surface area (Å²) in [7, 11) is 0. The lowest BCUT2D eigenvalue weighted by Crippen LogP contribution is -1.59. The molecule has 0 radical (unpaired) electrons. The van der Waals surface area contributed by atoms with E-state index in [9.17, 15) is 0 Å². The first-order chi connectivity index (χ1) is 2.41. The van der Waals surface area contributed by atoms with Crippen molar-refractivity contribution in [3.05, 3.63) is 0 Å². The van der Waals surface area contributed by atoms with E-state index >= 15 is 0 Å². The van der Waals surface area contributed by atoms with Crippen LogP contribution in [-0.4, -0.2) is 0 Å². The van der Waals surface area contributed by atoms with Crippen LogP contribution < -0.4 is 0 Å². The van der Waals surface area contributed by atoms with Gasteiger partial charge in [-0.3, -0.25) is 0 Å². The molecule has 0 heteroatoms. The summed E-state index contributed by atoms with van der Waals surface area (Å²) < 4.78 is 0. The SMILES string of the molecule is C.C.C.C.C.C.CCCCC.[HH].[HH]. The van der Waals surface area contributed by atoms with E-state index in [1.165, 1.54) is 19.3 Å². The Morgan fingerprint density at radius 3 is 0.818 bits per heavy atom. The van der Waals surface area contributed by atoms with Gasteiger partial charge in [0.25, 0.3) is 0 Å². The molecule has 0 N–H and O–H groups in total. The van der Waals surface area contributed by atoms with E-state index in [0.717, 1.165) is 0 Å². The van der Waals surface area contributed by atoms with Crippen LogP contribution >= 0.6 is 0 Å². The fraction of sp³-hybridized carbons (Fsp3) is 1.00. The predicted molar refractivity (Wildman–Crippen MR) is 69.8 cm³/mol. The van der Waals surface area contributed by atoms with Gasteiger partial charge in [-0.05, 0) is 0 Å². The first-order valence-corrected chi connectivity index (χ1v) is 2.41. The summed E-state index contributed by atoms with van der Waals surface area (Å²) in [6, 6.07) is 0. The molecule has 0 unspecified atom stereocenters. The van der Waals surface area contributed by atoms with Crippen molar-refractivity contribution in [2.45, 2.75) is 77.7 Å². The second-order valence-electron chi connectivity index (χ2n) is 1.35. The lowest BCUT2D eigenvalue weighted by Gasteiger charge is -1.79. The van der Waals surface area contributed by atoms with Crippen molar-refractivity contribution in [2.24, 2.45) is 0 Å². The Morgan fingerprint density at radius 2 is 0.818 bits per heavy atom. The second kappa shape index (κ2) is 90.0. The molecule has 0 nitrogen and oxygen atoms in total. The quantitative estimate of drug-likeness (QED) is 0.445. The van der Waals surface area contributed by atoms with E-state index in [2.05, 4.69) is 13.8 Å². The fourth-order valence-electron chi connectivity index (χ4n) is 0.354. The predicted octanol–water partition coefficient (Wildman–Crippen LogP) is 6.51. The molecule has 0 atom stereocenters. The summed E-state index contributed by atoms with van der Waals surface area (Å²) in [6.07, 6.45) is 4.08. The minimum absolute atomic E-state index is 0. The standard InChI is InChI=1S/C5H12.6CH4.2H2/c1-3-5-4-2;;;;;;;;/h3-5H2,1-2H3;6*1H4;2*1H. The molecule has 0 saturated heterocycles. The maximum atomic E-state index is 2.21. The maximum absolute atomic E-state index is 2.21. The molecule has 0 spiro atoms. The van der Waals surface area contributed by atoms with Gasteiger partial charge in [-0.15, -0.1) is 0 Å². The summed E-state index contributed by atoms with van der Waals surface area (Å²) in [4.78, 5) is 0. The summed E-state index contributed by atoms with van der Waals surface area (Å²) in [5.74, 6) is 0. The van der Waals surface area contributed by atoms with Crippen molar-refractivity contribution in [2.75, 3.05) is 0 Å². The highest BCUT2D eigenvalue weighted by Crippen LogP contribution is 1.88. The van der Waals surface area contributed by atoms with E-state index in [1.807, 2.05) is 0 Å². The average molecular weight is 172 g/mol. The molecule has 0 aromatic rings. The van der Waals surface area contributed by atoms with E-state index in [1.54, 1.807) is 0 Å². The van der Waals surface area contributed by atoms with Crippen molar-refractivity contribution in [3.8, 4) is 0 Å². The lowest BCUT2D eigenvalue weighted by atomic mass is 10.3. The molecule has 0 fully saturated rings. The van der Waals surface area contributed by atoms with Crippen LogP contribution in [0.3, 0.4) is 0 Å². The van der Waals surface area contributed by atoms with Crippen LogP contribution in [0.2, 0.25) is 0 Å². The van der Waals surface area contributed by atoms with Gasteiger partial charge in [0.2, 0.25) is 0 Å². The van der Waals surface area contributed by atoms with Crippen molar-refractivity contribution >= 4 is 0 Å². The Kier molecular flexibility index (Phi) is 562. The Bertz CT molecular complexity index is 15.6. The third-order valence-corrected chi connectivity index (χ3v) is 0.707. The molecule has 84 valence electrons. The molecule has 0 rings (SSSR count). The van der Waals surface area contributed by atoms with E-state index < -0.39 is 0 Å². The van der Waals surface area contributed by atoms with Crippen LogP contribution in [0.5, 0.6) is 0 Å². The van der Waals surface area contributed by atoms with Crippen LogP contribution in [0.25, 0.3) is 0 Å². The average Bonchev–Trinajstić information content (AvgIpc) is 1.41. The highest BCUT2D eigenvalue weighted by molar-refractivity contribution is 4.24. The molecule has 0 bridgehead atoms. The second-order valence-corrected chi connectivity index (χ2v) is 1.35. The summed E-state index contributed by atoms with van der Waals surface area (Å²) in [5, 5.41) is 0. The molecular formula is C11H40. The van der Waals surface area contributed by atoms with Gasteiger partial charge in [0.1, 0.15) is 0 Å². The van der Waals surface area contributed by atoms with Gasteiger partial charge in [-0.25, -0.2) is 0 Å². The largest absolute Gasteiger partial charge is 0.0776 e. The molecule has 0 amide bonds. The van der Waals surface area contributed by atoms with Crippen LogP contribution in [0, 0.1) is 0 Å². The van der Waals surface area contributed by atoms with Crippen LogP contribution in [0.4, 0.5) is 0 Å². The maximum Gasteiger partial charge on any atom is 0 e. The number of rotatable bonds is 2. The van der Waals surface area contributed by atoms with Gasteiger partial charge in [0.15, 0.2) is 0 Å². The van der Waals surface area contributed by atoms with Crippen LogP contribution in [-0.2, 0) is 0 Å². The molecular weight excluding hydrogens is 132 g/mol. The van der Waals surface area contributed by atoms with Gasteiger partial charge in [-0.1, -0.05) is 77.7 Å². The van der Waals surface area contributed by atoms with Gasteiger partial charge < -0.3 is 0 Å². The van der Waals surface area contributed by atoms with Crippen molar-refractivity contribution in [3.63, 3.8) is 0 Å². The minimum atomic E-state index is 0. The monoisotopic (exact) mass is 172 g/mol. The summed E-state index contributed by atoms with van der Waals surface area (Å²) >= 11 is 0. The number of hydrogen-bond donors (Lipinski definition) is 0. The van der Waals surface area contributed by atoms with E-state index in [0.29, 0.717) is 0 Å². The summed E-state index contributed by atoms with van der Waals surface area (Å²) in [6.45, 7) is 4.42. The molecule has 0 aliphatic carbocycles. The van der Waals surface area contributed by atoms with Crippen molar-refractivity contribution < 1.29 is 2.85 Å². The lowest BCUT2D eigenvalue weighted by molar-refractivity contribution is 0.772. The van der Waals surface area contributed by atoms with Crippen LogP contribution in [0.15, 0.2) is 0 Å². The Balaban J connectivity index is -0.00000000286. The smallest absolute Gasteiger partial charge is 0 e. The van der Waals surface area contributed by atoms with Crippen molar-refractivity contribution in [1.82, 2.24) is 0 Å². The Hall–Kier alpha value is 0. The van der Waals surface area contributed by atoms with Crippen LogP contribution in [0.1, 0.15) is 80.5 Å². The zero-order valence-corrected chi connectivity index (χ0v) is 4.12. The number of unbranched alkanes of at least 4 members (excludes halogenated alkanes) is 2. The zero-order valence-electron chi connectivity index (χ0n) is 4.12. The van der Waals surface area contributed by atoms with Gasteiger partial charge in [0, 0.05) is 2.85 Å². The number of hydrogen-bond acceptors (Lipinski definition) is 0. The Labute approximate surface area is 81.4 Å². The van der Waals surface area contributed by atoms with Crippen molar-refractivity contribution in [1.29, 1.82) is 0 Å². The highest BCUT2D eigenvalue weighted by Gasteiger charge is 1.68. The molecule has 0 aromatic heterocycles. The molecule has 0 aliphatic heterocycles. The van der Waals surface area contributed by atoms with Gasteiger partial charge in [-0.2, -0.15) is 0 Å². The molecule has 0 heterocycles. The first kappa shape index (κ1) is 68.8. The molecule has 0 aromatic carbocycles. The van der Waals surface area contributed by atoms with E-state index in [-0.39, 0.29) is 47.4 Å². The molecule has 0 saturated carbocycles. The zero-order chi connectivity index (χ0) is 4.12. The van der Waals surface area contributed by atoms with Gasteiger partial charge in [0.05, 0.1) is 0 Å². The highest BCUT2D eigenvalue weighted by atomic mass is 13.7. The summed E-state index contributed by atoms with van der Waals surface area (Å²) in [5.41, 5.74) is 0. The first-order valence-electron chi connectivity index (χ1n) is 2.41. The molecule has 11 heavy (non-hydrogen) atoms. The minimum Gasteiger partial charge on any atom is -0.0776 e. The third kappa shape index (κ3) is 160. The Morgan fingerprint density at radius 1 is 0.636 bits per heavy atom. The fourth-order valence-corrected chi connectivity index (χ4v) is 0.354. The van der Waals surface area contributed by atoms with Gasteiger partial charge >= 0.3 is 0 Å². The third-order valence-electron chi connectivity index (χ3n) is 0.707. The normalized spacial score (nSPS) is 3.82.